The van der Waals surface area contributed by atoms with Gasteiger partial charge in [-0.2, -0.15) is 4.36 Å². The quantitative estimate of drug-likeness (QED) is 0.753. The van der Waals surface area contributed by atoms with E-state index in [9.17, 15) is 13.4 Å². The SMILES string of the molecule is CS(=O)(=NC(=O)CCl)c1cccc(F)c1. The van der Waals surface area contributed by atoms with Crippen LogP contribution in [0.15, 0.2) is 33.5 Å². The fraction of sp³-hybridized carbons (Fsp3) is 0.222. The van der Waals surface area contributed by atoms with Gasteiger partial charge in [-0.3, -0.25) is 4.79 Å². The molecule has 0 aliphatic heterocycles. The molecule has 0 bridgehead atoms. The molecule has 0 N–H and O–H groups in total. The van der Waals surface area contributed by atoms with E-state index in [0.717, 1.165) is 6.07 Å². The van der Waals surface area contributed by atoms with Crippen molar-refractivity contribution in [3.8, 4) is 0 Å². The van der Waals surface area contributed by atoms with Gasteiger partial charge in [0.1, 0.15) is 11.7 Å². The van der Waals surface area contributed by atoms with Crippen molar-refractivity contribution in [3.05, 3.63) is 30.1 Å². The van der Waals surface area contributed by atoms with Crippen LogP contribution in [0.5, 0.6) is 0 Å². The van der Waals surface area contributed by atoms with E-state index in [1.54, 1.807) is 0 Å². The highest BCUT2D eigenvalue weighted by Gasteiger charge is 2.09. The topological polar surface area (TPSA) is 46.5 Å². The number of amides is 1. The van der Waals surface area contributed by atoms with Gasteiger partial charge in [-0.05, 0) is 18.2 Å². The molecule has 1 atom stereocenters. The van der Waals surface area contributed by atoms with Gasteiger partial charge in [-0.25, -0.2) is 8.60 Å². The van der Waals surface area contributed by atoms with Crippen LogP contribution in [-0.2, 0) is 14.5 Å². The molecular formula is C9H9ClFNO2S. The van der Waals surface area contributed by atoms with Gasteiger partial charge in [-0.15, -0.1) is 11.6 Å². The zero-order valence-corrected chi connectivity index (χ0v) is 9.52. The maximum Gasteiger partial charge on any atom is 0.268 e. The molecule has 0 radical (unpaired) electrons. The first-order valence-corrected chi connectivity index (χ1v) is 6.48. The Kier molecular flexibility index (Phi) is 3.82. The Hall–Kier alpha value is -0.940. The average molecular weight is 250 g/mol. The molecule has 0 heterocycles. The molecule has 15 heavy (non-hydrogen) atoms. The van der Waals surface area contributed by atoms with E-state index >= 15 is 0 Å². The van der Waals surface area contributed by atoms with Crippen molar-refractivity contribution in [3.63, 3.8) is 0 Å². The summed E-state index contributed by atoms with van der Waals surface area (Å²) >= 11 is 5.23. The van der Waals surface area contributed by atoms with Crippen LogP contribution in [0, 0.1) is 5.82 Å². The largest absolute Gasteiger partial charge is 0.271 e. The maximum atomic E-state index is 12.8. The normalized spacial score (nSPS) is 14.3. The molecule has 0 spiro atoms. The molecule has 0 aromatic heterocycles. The van der Waals surface area contributed by atoms with Gasteiger partial charge in [0.25, 0.3) is 5.91 Å². The maximum absolute atomic E-state index is 12.8. The third kappa shape index (κ3) is 3.28. The van der Waals surface area contributed by atoms with E-state index in [0.29, 0.717) is 0 Å². The van der Waals surface area contributed by atoms with Crippen LogP contribution in [0.2, 0.25) is 0 Å². The lowest BCUT2D eigenvalue weighted by atomic mass is 10.4. The van der Waals surface area contributed by atoms with Crippen LogP contribution in [0.25, 0.3) is 0 Å². The summed E-state index contributed by atoms with van der Waals surface area (Å²) in [6.45, 7) is 0. The summed E-state index contributed by atoms with van der Waals surface area (Å²) in [5.74, 6) is -1.52. The third-order valence-corrected chi connectivity index (χ3v) is 3.53. The minimum Gasteiger partial charge on any atom is -0.271 e. The van der Waals surface area contributed by atoms with E-state index in [1.165, 1.54) is 24.5 Å². The molecular weight excluding hydrogens is 241 g/mol. The van der Waals surface area contributed by atoms with Crippen molar-refractivity contribution >= 4 is 27.2 Å². The number of hydrogen-bond donors (Lipinski definition) is 0. The van der Waals surface area contributed by atoms with E-state index in [2.05, 4.69) is 4.36 Å². The smallest absolute Gasteiger partial charge is 0.268 e. The lowest BCUT2D eigenvalue weighted by Crippen LogP contribution is -2.04. The summed E-state index contributed by atoms with van der Waals surface area (Å²) in [4.78, 5) is 11.1. The van der Waals surface area contributed by atoms with Crippen molar-refractivity contribution in [2.75, 3.05) is 12.1 Å². The lowest BCUT2D eigenvalue weighted by molar-refractivity contribution is -0.115. The number of alkyl halides is 1. The van der Waals surface area contributed by atoms with E-state index in [4.69, 9.17) is 11.6 Å². The fourth-order valence-corrected chi connectivity index (χ4v) is 2.33. The number of nitrogens with zero attached hydrogens (tertiary/aromatic N) is 1. The van der Waals surface area contributed by atoms with Crippen molar-refractivity contribution in [2.45, 2.75) is 4.90 Å². The van der Waals surface area contributed by atoms with Crippen molar-refractivity contribution in [2.24, 2.45) is 4.36 Å². The molecule has 0 saturated carbocycles. The first-order valence-electron chi connectivity index (χ1n) is 4.02. The van der Waals surface area contributed by atoms with Gasteiger partial charge in [0.05, 0.1) is 14.6 Å². The van der Waals surface area contributed by atoms with Gasteiger partial charge in [-0.1, -0.05) is 6.07 Å². The number of carbonyl (C=O) groups excluding carboxylic acids is 1. The van der Waals surface area contributed by atoms with Crippen LogP contribution >= 0.6 is 11.6 Å². The molecule has 82 valence electrons. The van der Waals surface area contributed by atoms with Crippen LogP contribution in [0.4, 0.5) is 4.39 Å². The third-order valence-electron chi connectivity index (χ3n) is 1.62. The number of halogens is 2. The van der Waals surface area contributed by atoms with Gasteiger partial charge < -0.3 is 0 Å². The Morgan fingerprint density at radius 1 is 1.60 bits per heavy atom. The molecule has 0 aliphatic rings. The van der Waals surface area contributed by atoms with Gasteiger partial charge >= 0.3 is 0 Å². The van der Waals surface area contributed by atoms with Crippen LogP contribution in [-0.4, -0.2) is 22.3 Å². The monoisotopic (exact) mass is 249 g/mol. The molecule has 3 nitrogen and oxygen atoms in total. The molecule has 1 aromatic carbocycles. The summed E-state index contributed by atoms with van der Waals surface area (Å²) in [5, 5.41) is 0. The molecule has 0 saturated heterocycles. The van der Waals surface area contributed by atoms with Crippen LogP contribution in [0.1, 0.15) is 0 Å². The minimum atomic E-state index is -2.89. The second-order valence-electron chi connectivity index (χ2n) is 2.88. The average Bonchev–Trinajstić information content (AvgIpc) is 2.17. The Balaban J connectivity index is 3.23. The van der Waals surface area contributed by atoms with Crippen LogP contribution in [0.3, 0.4) is 0 Å². The second-order valence-corrected chi connectivity index (χ2v) is 5.40. The van der Waals surface area contributed by atoms with E-state index in [-0.39, 0.29) is 10.8 Å². The zero-order valence-electron chi connectivity index (χ0n) is 7.94. The summed E-state index contributed by atoms with van der Waals surface area (Å²) in [6, 6.07) is 5.18. The molecule has 0 aliphatic carbocycles. The molecule has 1 rings (SSSR count). The highest BCUT2D eigenvalue weighted by molar-refractivity contribution is 7.93. The number of rotatable bonds is 2. The van der Waals surface area contributed by atoms with E-state index in [1.807, 2.05) is 0 Å². The number of hydrogen-bond acceptors (Lipinski definition) is 2. The highest BCUT2D eigenvalue weighted by Crippen LogP contribution is 2.13. The Bertz CT molecular complexity index is 495. The van der Waals surface area contributed by atoms with Crippen molar-refractivity contribution in [1.29, 1.82) is 0 Å². The second kappa shape index (κ2) is 4.72. The summed E-state index contributed by atoms with van der Waals surface area (Å²) in [5.41, 5.74) is 0. The Morgan fingerprint density at radius 2 is 2.27 bits per heavy atom. The minimum absolute atomic E-state index is 0.181. The number of carbonyl (C=O) groups is 1. The van der Waals surface area contributed by atoms with Gasteiger partial charge in [0, 0.05) is 6.26 Å². The Labute approximate surface area is 92.4 Å². The molecule has 1 unspecified atom stereocenters. The molecule has 0 fully saturated rings. The fourth-order valence-electron chi connectivity index (χ4n) is 0.974. The molecule has 1 amide bonds. The van der Waals surface area contributed by atoms with Crippen LogP contribution < -0.4 is 0 Å². The highest BCUT2D eigenvalue weighted by atomic mass is 35.5. The molecule has 1 aromatic rings. The Morgan fingerprint density at radius 3 is 2.80 bits per heavy atom. The summed E-state index contributed by atoms with van der Waals surface area (Å²) < 4.78 is 28.2. The number of benzene rings is 1. The first kappa shape index (κ1) is 12.1. The van der Waals surface area contributed by atoms with Gasteiger partial charge in [0.15, 0.2) is 0 Å². The first-order chi connectivity index (χ1) is 6.95. The zero-order chi connectivity index (χ0) is 11.5. The van der Waals surface area contributed by atoms with Crippen molar-refractivity contribution in [1.82, 2.24) is 0 Å². The molecule has 6 heteroatoms. The summed E-state index contributed by atoms with van der Waals surface area (Å²) in [6.07, 6.45) is 1.27. The standard InChI is InChI=1S/C9H9ClFNO2S/c1-15(14,12-9(13)6-10)8-4-2-3-7(11)5-8/h2-5H,6H2,1H3. The predicted molar refractivity (Wildman–Crippen MR) is 56.9 cm³/mol. The van der Waals surface area contributed by atoms with Gasteiger partial charge in [0.2, 0.25) is 0 Å². The summed E-state index contributed by atoms with van der Waals surface area (Å²) in [7, 11) is -2.89. The predicted octanol–water partition coefficient (Wildman–Crippen LogP) is 2.05. The van der Waals surface area contributed by atoms with Crippen molar-refractivity contribution < 1.29 is 13.4 Å². The lowest BCUT2D eigenvalue weighted by Gasteiger charge is -2.02. The van der Waals surface area contributed by atoms with E-state index < -0.39 is 21.5 Å².